The molecule has 0 aliphatic heterocycles. The Morgan fingerprint density at radius 1 is 1.11 bits per heavy atom. The number of hydrogen-bond acceptors (Lipinski definition) is 4. The first kappa shape index (κ1) is 25.5. The van der Waals surface area contributed by atoms with E-state index in [9.17, 15) is 4.79 Å². The molecule has 1 aliphatic carbocycles. The van der Waals surface area contributed by atoms with Crippen molar-refractivity contribution in [2.75, 3.05) is 12.4 Å². The van der Waals surface area contributed by atoms with Crippen LogP contribution in [0, 0.1) is 11.3 Å². The van der Waals surface area contributed by atoms with Crippen LogP contribution < -0.4 is 10.1 Å². The SMILES string of the molecule is COc1ccc2ccccc2c1C=Nc1sc2c(c1C(=O)Nc1ccc(Cl)cc1)CC[C@H](C(C)(C)C)C2. The molecule has 1 amide bonds. The minimum atomic E-state index is -0.133. The third-order valence-electron chi connectivity index (χ3n) is 7.26. The van der Waals surface area contributed by atoms with E-state index in [1.54, 1.807) is 30.6 Å². The number of benzene rings is 3. The molecule has 0 unspecified atom stereocenters. The molecule has 1 N–H and O–H groups in total. The number of nitrogens with zero attached hydrogens (tertiary/aromatic N) is 1. The summed E-state index contributed by atoms with van der Waals surface area (Å²) in [5, 5.41) is 6.61. The van der Waals surface area contributed by atoms with E-state index in [4.69, 9.17) is 21.3 Å². The molecule has 0 radical (unpaired) electrons. The lowest BCUT2D eigenvalue weighted by molar-refractivity contribution is 0.102. The molecule has 1 heterocycles. The molecule has 190 valence electrons. The van der Waals surface area contributed by atoms with E-state index >= 15 is 0 Å². The number of thiophene rings is 1. The highest BCUT2D eigenvalue weighted by molar-refractivity contribution is 7.16. The summed E-state index contributed by atoms with van der Waals surface area (Å²) in [7, 11) is 1.67. The van der Waals surface area contributed by atoms with Crippen LogP contribution >= 0.6 is 22.9 Å². The van der Waals surface area contributed by atoms with E-state index in [-0.39, 0.29) is 11.3 Å². The zero-order valence-electron chi connectivity index (χ0n) is 21.6. The summed E-state index contributed by atoms with van der Waals surface area (Å²) in [5.41, 5.74) is 3.64. The molecule has 4 nitrogen and oxygen atoms in total. The zero-order valence-corrected chi connectivity index (χ0v) is 23.2. The fraction of sp³-hybridized carbons (Fsp3) is 0.290. The fourth-order valence-corrected chi connectivity index (χ4v) is 6.47. The summed E-state index contributed by atoms with van der Waals surface area (Å²) in [6.07, 6.45) is 4.76. The predicted molar refractivity (Wildman–Crippen MR) is 156 cm³/mol. The third kappa shape index (κ3) is 5.29. The van der Waals surface area contributed by atoms with Gasteiger partial charge in [0.05, 0.1) is 12.7 Å². The molecule has 5 rings (SSSR count). The van der Waals surface area contributed by atoms with Gasteiger partial charge in [-0.05, 0) is 77.3 Å². The van der Waals surface area contributed by atoms with Crippen LogP contribution in [0.1, 0.15) is 53.6 Å². The van der Waals surface area contributed by atoms with Crippen molar-refractivity contribution in [3.8, 4) is 5.75 Å². The second-order valence-electron chi connectivity index (χ2n) is 10.6. The first-order valence-electron chi connectivity index (χ1n) is 12.6. The lowest BCUT2D eigenvalue weighted by Crippen LogP contribution is -2.27. The second kappa shape index (κ2) is 10.3. The Bertz CT molecular complexity index is 1480. The normalized spacial score (nSPS) is 15.6. The maximum atomic E-state index is 13.6. The molecule has 1 atom stereocenters. The van der Waals surface area contributed by atoms with Crippen LogP contribution in [-0.4, -0.2) is 19.2 Å². The summed E-state index contributed by atoms with van der Waals surface area (Å²) in [4.78, 5) is 19.8. The average Bonchev–Trinajstić information content (AvgIpc) is 3.25. The standard InChI is InChI=1S/C31H31ClN2O2S/c1-31(2,3)20-10-15-24-27(17-20)37-30(28(24)29(35)34-22-13-11-21(32)12-14-22)33-18-25-23-8-6-5-7-19(23)9-16-26(25)36-4/h5-9,11-14,16,18,20H,10,15,17H2,1-4H3,(H,34,35)/t20-/m0/s1. The van der Waals surface area contributed by atoms with Crippen LogP contribution in [0.4, 0.5) is 10.7 Å². The molecule has 1 aliphatic rings. The average molecular weight is 531 g/mol. The van der Waals surface area contributed by atoms with Crippen molar-refractivity contribution in [1.82, 2.24) is 0 Å². The molecule has 0 saturated heterocycles. The quantitative estimate of drug-likeness (QED) is 0.262. The minimum absolute atomic E-state index is 0.133. The first-order valence-corrected chi connectivity index (χ1v) is 13.8. The molecule has 0 fully saturated rings. The van der Waals surface area contributed by atoms with Gasteiger partial charge in [0.25, 0.3) is 5.91 Å². The molecular formula is C31H31ClN2O2S. The lowest BCUT2D eigenvalue weighted by Gasteiger charge is -2.33. The van der Waals surface area contributed by atoms with Gasteiger partial charge in [-0.25, -0.2) is 4.99 Å². The van der Waals surface area contributed by atoms with Crippen molar-refractivity contribution in [3.63, 3.8) is 0 Å². The van der Waals surface area contributed by atoms with E-state index in [2.05, 4.69) is 38.2 Å². The van der Waals surface area contributed by atoms with Crippen LogP contribution in [0.5, 0.6) is 5.75 Å². The number of carbonyl (C=O) groups excluding carboxylic acids is 1. The van der Waals surface area contributed by atoms with Crippen molar-refractivity contribution in [2.45, 2.75) is 40.0 Å². The molecule has 3 aromatic carbocycles. The summed E-state index contributed by atoms with van der Waals surface area (Å²) >= 11 is 7.68. The first-order chi connectivity index (χ1) is 17.7. The van der Waals surface area contributed by atoms with E-state index < -0.39 is 0 Å². The number of rotatable bonds is 5. The Morgan fingerprint density at radius 3 is 2.59 bits per heavy atom. The number of hydrogen-bond donors (Lipinski definition) is 1. The predicted octanol–water partition coefficient (Wildman–Crippen LogP) is 8.72. The Kier molecular flexibility index (Phi) is 7.11. The maximum absolute atomic E-state index is 13.6. The number of nitrogens with one attached hydrogen (secondary N) is 1. The van der Waals surface area contributed by atoms with Gasteiger partial charge < -0.3 is 10.1 Å². The highest BCUT2D eigenvalue weighted by atomic mass is 35.5. The van der Waals surface area contributed by atoms with Crippen molar-refractivity contribution in [3.05, 3.63) is 87.3 Å². The molecule has 0 saturated carbocycles. The van der Waals surface area contributed by atoms with Gasteiger partial charge >= 0.3 is 0 Å². The van der Waals surface area contributed by atoms with Crippen molar-refractivity contribution in [1.29, 1.82) is 0 Å². The Morgan fingerprint density at radius 2 is 1.86 bits per heavy atom. The fourth-order valence-electron chi connectivity index (χ4n) is 5.07. The maximum Gasteiger partial charge on any atom is 0.259 e. The summed E-state index contributed by atoms with van der Waals surface area (Å²) in [6, 6.07) is 19.4. The van der Waals surface area contributed by atoms with E-state index in [0.717, 1.165) is 51.9 Å². The number of fused-ring (bicyclic) bond motifs is 2. The van der Waals surface area contributed by atoms with E-state index in [1.165, 1.54) is 4.88 Å². The molecule has 6 heteroatoms. The monoisotopic (exact) mass is 530 g/mol. The van der Waals surface area contributed by atoms with Crippen LogP contribution in [-0.2, 0) is 12.8 Å². The van der Waals surface area contributed by atoms with E-state index in [0.29, 0.717) is 22.2 Å². The molecule has 37 heavy (non-hydrogen) atoms. The third-order valence-corrected chi connectivity index (χ3v) is 8.68. The Balaban J connectivity index is 1.58. The number of anilines is 1. The topological polar surface area (TPSA) is 50.7 Å². The van der Waals surface area contributed by atoms with Crippen molar-refractivity contribution >= 4 is 56.5 Å². The summed E-state index contributed by atoms with van der Waals surface area (Å²) in [6.45, 7) is 6.91. The van der Waals surface area contributed by atoms with Crippen LogP contribution in [0.3, 0.4) is 0 Å². The number of carbonyl (C=O) groups is 1. The summed E-state index contributed by atoms with van der Waals surface area (Å²) in [5.74, 6) is 1.19. The van der Waals surface area contributed by atoms with Crippen molar-refractivity contribution in [2.24, 2.45) is 16.3 Å². The Hall–Kier alpha value is -3.15. The van der Waals surface area contributed by atoms with Gasteiger partial charge in [-0.1, -0.05) is 62.7 Å². The van der Waals surface area contributed by atoms with Crippen LogP contribution in [0.25, 0.3) is 10.8 Å². The molecule has 1 aromatic heterocycles. The number of halogens is 1. The highest BCUT2D eigenvalue weighted by Gasteiger charge is 2.33. The number of methoxy groups -OCH3 is 1. The van der Waals surface area contributed by atoms with Gasteiger partial charge in [-0.15, -0.1) is 11.3 Å². The highest BCUT2D eigenvalue weighted by Crippen LogP contribution is 2.45. The van der Waals surface area contributed by atoms with Gasteiger partial charge in [-0.3, -0.25) is 4.79 Å². The number of aliphatic imine (C=N–C) groups is 1. The smallest absolute Gasteiger partial charge is 0.259 e. The molecule has 0 spiro atoms. The molecule has 0 bridgehead atoms. The van der Waals surface area contributed by atoms with Gasteiger partial charge in [0.1, 0.15) is 10.8 Å². The zero-order chi connectivity index (χ0) is 26.2. The minimum Gasteiger partial charge on any atom is -0.496 e. The largest absolute Gasteiger partial charge is 0.496 e. The second-order valence-corrected chi connectivity index (χ2v) is 12.1. The van der Waals surface area contributed by atoms with Crippen molar-refractivity contribution < 1.29 is 9.53 Å². The lowest BCUT2D eigenvalue weighted by atomic mass is 9.72. The number of ether oxygens (including phenoxy) is 1. The van der Waals surface area contributed by atoms with E-state index in [1.807, 2.05) is 42.6 Å². The molecule has 4 aromatic rings. The van der Waals surface area contributed by atoms with Gasteiger partial charge in [-0.2, -0.15) is 0 Å². The van der Waals surface area contributed by atoms with Gasteiger partial charge in [0, 0.05) is 27.4 Å². The molecular weight excluding hydrogens is 500 g/mol. The van der Waals surface area contributed by atoms with Gasteiger partial charge in [0.15, 0.2) is 0 Å². The van der Waals surface area contributed by atoms with Crippen LogP contribution in [0.15, 0.2) is 65.7 Å². The van der Waals surface area contributed by atoms with Gasteiger partial charge in [0.2, 0.25) is 0 Å². The number of amides is 1. The summed E-state index contributed by atoms with van der Waals surface area (Å²) < 4.78 is 5.66. The van der Waals surface area contributed by atoms with Crippen LogP contribution in [0.2, 0.25) is 5.02 Å². The Labute approximate surface area is 227 Å².